The minimum atomic E-state index is -0.902. The fraction of sp³-hybridized carbons (Fsp3) is 0.778. The Balaban J connectivity index is 3.85. The molecule has 12 heavy (non-hydrogen) atoms. The van der Waals surface area contributed by atoms with E-state index in [-0.39, 0.29) is 12.5 Å². The molecule has 0 heterocycles. The van der Waals surface area contributed by atoms with Gasteiger partial charge in [0.05, 0.1) is 12.5 Å². The summed E-state index contributed by atoms with van der Waals surface area (Å²) in [5.74, 6) is -1.46. The number of hydrogen-bond acceptors (Lipinski definition) is 2. The molecule has 0 bridgehead atoms. The highest BCUT2D eigenvalue weighted by Gasteiger charge is 2.22. The van der Waals surface area contributed by atoms with Crippen molar-refractivity contribution in [2.75, 3.05) is 6.61 Å². The van der Waals surface area contributed by atoms with E-state index in [1.54, 1.807) is 0 Å². The van der Waals surface area contributed by atoms with E-state index in [2.05, 4.69) is 0 Å². The van der Waals surface area contributed by atoms with Gasteiger partial charge in [-0.25, -0.2) is 0 Å². The van der Waals surface area contributed by atoms with E-state index in [0.717, 1.165) is 12.8 Å². The number of unbranched alkanes of at least 4 members (excludes halogenated alkanes) is 1. The van der Waals surface area contributed by atoms with Crippen LogP contribution in [-0.4, -0.2) is 22.8 Å². The molecule has 0 saturated heterocycles. The van der Waals surface area contributed by atoms with Crippen LogP contribution in [0.15, 0.2) is 0 Å². The van der Waals surface area contributed by atoms with E-state index in [1.165, 1.54) is 0 Å². The summed E-state index contributed by atoms with van der Waals surface area (Å²) in [4.78, 5) is 10.6. The zero-order valence-corrected chi connectivity index (χ0v) is 7.66. The summed E-state index contributed by atoms with van der Waals surface area (Å²) in [7, 11) is 0. The van der Waals surface area contributed by atoms with Crippen LogP contribution in [0.1, 0.15) is 26.7 Å². The van der Waals surface area contributed by atoms with Gasteiger partial charge < -0.3 is 10.2 Å². The third-order valence-electron chi connectivity index (χ3n) is 2.11. The molecule has 71 valence electrons. The Morgan fingerprint density at radius 3 is 2.50 bits per heavy atom. The Labute approximate surface area is 73.4 Å². The first-order valence-electron chi connectivity index (χ1n) is 4.25. The van der Waals surface area contributed by atoms with Crippen LogP contribution in [0.3, 0.4) is 0 Å². The molecule has 0 aromatic rings. The SMILES string of the molecule is C[CH]CCC(C)C(CO)C(=O)O. The van der Waals surface area contributed by atoms with Gasteiger partial charge in [0.2, 0.25) is 0 Å². The van der Waals surface area contributed by atoms with Gasteiger partial charge in [-0.3, -0.25) is 4.79 Å². The molecule has 0 saturated carbocycles. The molecule has 0 aliphatic heterocycles. The van der Waals surface area contributed by atoms with E-state index in [4.69, 9.17) is 10.2 Å². The molecule has 2 N–H and O–H groups in total. The van der Waals surface area contributed by atoms with Gasteiger partial charge in [-0.05, 0) is 18.8 Å². The average Bonchev–Trinajstić information content (AvgIpc) is 2.01. The fourth-order valence-corrected chi connectivity index (χ4v) is 1.13. The maximum absolute atomic E-state index is 10.6. The summed E-state index contributed by atoms with van der Waals surface area (Å²) in [6.07, 6.45) is 3.74. The number of aliphatic hydroxyl groups is 1. The monoisotopic (exact) mass is 173 g/mol. The first-order valence-corrected chi connectivity index (χ1v) is 4.25. The molecule has 0 fully saturated rings. The summed E-state index contributed by atoms with van der Waals surface area (Å²) >= 11 is 0. The maximum atomic E-state index is 10.6. The van der Waals surface area contributed by atoms with Gasteiger partial charge in [0, 0.05) is 0 Å². The van der Waals surface area contributed by atoms with Gasteiger partial charge in [0.15, 0.2) is 0 Å². The molecule has 0 aliphatic rings. The minimum absolute atomic E-state index is 0.0451. The van der Waals surface area contributed by atoms with E-state index >= 15 is 0 Å². The van der Waals surface area contributed by atoms with E-state index in [0.29, 0.717) is 0 Å². The van der Waals surface area contributed by atoms with Crippen LogP contribution in [-0.2, 0) is 4.79 Å². The number of aliphatic carboxylic acids is 1. The third-order valence-corrected chi connectivity index (χ3v) is 2.11. The normalized spacial score (nSPS) is 15.6. The van der Waals surface area contributed by atoms with Crippen LogP contribution in [0, 0.1) is 18.3 Å². The lowest BCUT2D eigenvalue weighted by Gasteiger charge is -2.16. The van der Waals surface area contributed by atoms with Crippen molar-refractivity contribution in [2.45, 2.75) is 26.7 Å². The third kappa shape index (κ3) is 3.72. The highest BCUT2D eigenvalue weighted by molar-refractivity contribution is 5.70. The number of carboxylic acids is 1. The molecule has 0 aliphatic carbocycles. The van der Waals surface area contributed by atoms with Gasteiger partial charge in [0.25, 0.3) is 0 Å². The van der Waals surface area contributed by atoms with Crippen molar-refractivity contribution in [3.63, 3.8) is 0 Å². The van der Waals surface area contributed by atoms with Crippen LogP contribution in [0.4, 0.5) is 0 Å². The summed E-state index contributed by atoms with van der Waals surface area (Å²) in [5, 5.41) is 17.4. The Hall–Kier alpha value is -0.570. The van der Waals surface area contributed by atoms with Crippen LogP contribution in [0.5, 0.6) is 0 Å². The van der Waals surface area contributed by atoms with Gasteiger partial charge >= 0.3 is 5.97 Å². The number of carbonyl (C=O) groups is 1. The van der Waals surface area contributed by atoms with Gasteiger partial charge in [-0.1, -0.05) is 20.3 Å². The zero-order valence-electron chi connectivity index (χ0n) is 7.66. The second-order valence-corrected chi connectivity index (χ2v) is 3.09. The Morgan fingerprint density at radius 1 is 1.58 bits per heavy atom. The second-order valence-electron chi connectivity index (χ2n) is 3.09. The van der Waals surface area contributed by atoms with Crippen molar-refractivity contribution >= 4 is 5.97 Å². The van der Waals surface area contributed by atoms with Crippen LogP contribution < -0.4 is 0 Å². The van der Waals surface area contributed by atoms with E-state index in [9.17, 15) is 4.79 Å². The minimum Gasteiger partial charge on any atom is -0.481 e. The van der Waals surface area contributed by atoms with Crippen molar-refractivity contribution in [2.24, 2.45) is 11.8 Å². The predicted octanol–water partition coefficient (Wildman–Crippen LogP) is 1.32. The molecule has 0 aromatic carbocycles. The molecule has 1 radical (unpaired) electrons. The molecule has 3 nitrogen and oxygen atoms in total. The van der Waals surface area contributed by atoms with Gasteiger partial charge in [-0.15, -0.1) is 0 Å². The highest BCUT2D eigenvalue weighted by atomic mass is 16.4. The second kappa shape index (κ2) is 6.00. The summed E-state index contributed by atoms with van der Waals surface area (Å²) in [5.41, 5.74) is 0. The van der Waals surface area contributed by atoms with E-state index < -0.39 is 11.9 Å². The molecule has 0 rings (SSSR count). The zero-order chi connectivity index (χ0) is 9.56. The molecule has 0 spiro atoms. The van der Waals surface area contributed by atoms with Crippen LogP contribution >= 0.6 is 0 Å². The predicted molar refractivity (Wildman–Crippen MR) is 46.6 cm³/mol. The average molecular weight is 173 g/mol. The van der Waals surface area contributed by atoms with Crippen molar-refractivity contribution in [3.05, 3.63) is 6.42 Å². The molecule has 2 atom stereocenters. The van der Waals surface area contributed by atoms with Crippen molar-refractivity contribution in [1.29, 1.82) is 0 Å². The van der Waals surface area contributed by atoms with Crippen molar-refractivity contribution in [1.82, 2.24) is 0 Å². The first kappa shape index (κ1) is 11.4. The quantitative estimate of drug-likeness (QED) is 0.637. The maximum Gasteiger partial charge on any atom is 0.309 e. The summed E-state index contributed by atoms with van der Waals surface area (Å²) < 4.78 is 0. The fourth-order valence-electron chi connectivity index (χ4n) is 1.13. The van der Waals surface area contributed by atoms with E-state index in [1.807, 2.05) is 20.3 Å². The van der Waals surface area contributed by atoms with Crippen molar-refractivity contribution < 1.29 is 15.0 Å². The van der Waals surface area contributed by atoms with Crippen molar-refractivity contribution in [3.8, 4) is 0 Å². The lowest BCUT2D eigenvalue weighted by atomic mass is 9.90. The Morgan fingerprint density at radius 2 is 2.17 bits per heavy atom. The summed E-state index contributed by atoms with van der Waals surface area (Å²) in [6.45, 7) is 3.54. The molecule has 0 aromatic heterocycles. The number of aliphatic hydroxyl groups excluding tert-OH is 1. The highest BCUT2D eigenvalue weighted by Crippen LogP contribution is 2.17. The standard InChI is InChI=1S/C9H17O3/c1-3-4-5-7(2)8(6-10)9(11)12/h3,7-8,10H,4-6H2,1-2H3,(H,11,12). The van der Waals surface area contributed by atoms with Gasteiger partial charge in [-0.2, -0.15) is 0 Å². The van der Waals surface area contributed by atoms with Crippen LogP contribution in [0.25, 0.3) is 0 Å². The molecular formula is C9H17O3. The number of carboxylic acid groups (broad SMARTS) is 1. The number of rotatable bonds is 6. The number of hydrogen-bond donors (Lipinski definition) is 2. The largest absolute Gasteiger partial charge is 0.481 e. The Bertz CT molecular complexity index is 134. The van der Waals surface area contributed by atoms with Gasteiger partial charge in [0.1, 0.15) is 0 Å². The molecule has 2 unspecified atom stereocenters. The topological polar surface area (TPSA) is 57.5 Å². The van der Waals surface area contributed by atoms with Crippen LogP contribution in [0.2, 0.25) is 0 Å². The molecule has 3 heteroatoms. The smallest absolute Gasteiger partial charge is 0.309 e. The molecule has 0 amide bonds. The Kier molecular flexibility index (Phi) is 5.72. The summed E-state index contributed by atoms with van der Waals surface area (Å²) in [6, 6.07) is 0. The molecular weight excluding hydrogens is 156 g/mol. The lowest BCUT2D eigenvalue weighted by molar-refractivity contribution is -0.145. The lowest BCUT2D eigenvalue weighted by Crippen LogP contribution is -2.25. The first-order chi connectivity index (χ1) is 5.63.